The zero-order chi connectivity index (χ0) is 19.3. The van der Waals surface area contributed by atoms with E-state index in [1.165, 1.54) is 6.42 Å². The fourth-order valence-corrected chi connectivity index (χ4v) is 4.11. The van der Waals surface area contributed by atoms with Crippen LogP contribution in [0.4, 0.5) is 0 Å². The summed E-state index contributed by atoms with van der Waals surface area (Å²) in [5.41, 5.74) is -0.380. The molecule has 2 heterocycles. The van der Waals surface area contributed by atoms with Gasteiger partial charge in [0.05, 0.1) is 24.6 Å². The number of nitrogens with zero attached hydrogens (tertiary/aromatic N) is 3. The van der Waals surface area contributed by atoms with E-state index in [0.717, 1.165) is 25.7 Å². The van der Waals surface area contributed by atoms with E-state index in [4.69, 9.17) is 9.26 Å². The Morgan fingerprint density at radius 2 is 1.96 bits per heavy atom. The molecule has 1 aromatic heterocycles. The number of nitrogens with one attached hydrogen (secondary N) is 1. The first-order chi connectivity index (χ1) is 13.0. The highest BCUT2D eigenvalue weighted by Crippen LogP contribution is 2.35. The number of amides is 1. The summed E-state index contributed by atoms with van der Waals surface area (Å²) in [6.45, 7) is 5.44. The normalized spacial score (nSPS) is 20.4. The van der Waals surface area contributed by atoms with Crippen molar-refractivity contribution in [2.24, 2.45) is 5.92 Å². The standard InChI is InChI=1S/C19H30N4O4/c1-3-26-17(25)15-7-11-23(12-8-15)16(24)13-20-19(9-5-4-6-10-19)18-21-14(2)27-22-18/h15,20H,3-13H2,1-2H3. The average molecular weight is 378 g/mol. The summed E-state index contributed by atoms with van der Waals surface area (Å²) in [7, 11) is 0. The van der Waals surface area contributed by atoms with Crippen LogP contribution >= 0.6 is 0 Å². The molecule has 0 radical (unpaired) electrons. The number of aryl methyl sites for hydroxylation is 1. The summed E-state index contributed by atoms with van der Waals surface area (Å²) in [5, 5.41) is 7.57. The number of likely N-dealkylation sites (tertiary alicyclic amines) is 1. The van der Waals surface area contributed by atoms with Crippen LogP contribution < -0.4 is 5.32 Å². The van der Waals surface area contributed by atoms with Crippen molar-refractivity contribution in [2.45, 2.75) is 64.3 Å². The molecule has 3 rings (SSSR count). The number of hydrogen-bond donors (Lipinski definition) is 1. The molecular weight excluding hydrogens is 348 g/mol. The van der Waals surface area contributed by atoms with Crippen molar-refractivity contribution in [1.29, 1.82) is 0 Å². The van der Waals surface area contributed by atoms with Crippen LogP contribution in [-0.4, -0.2) is 53.2 Å². The van der Waals surface area contributed by atoms with E-state index < -0.39 is 0 Å². The van der Waals surface area contributed by atoms with Gasteiger partial charge in [-0.25, -0.2) is 0 Å². The Bertz CT molecular complexity index is 646. The predicted molar refractivity (Wildman–Crippen MR) is 97.7 cm³/mol. The van der Waals surface area contributed by atoms with Crippen molar-refractivity contribution >= 4 is 11.9 Å². The molecule has 1 aromatic rings. The monoisotopic (exact) mass is 378 g/mol. The first-order valence-corrected chi connectivity index (χ1v) is 10.0. The molecule has 1 amide bonds. The van der Waals surface area contributed by atoms with Gasteiger partial charge < -0.3 is 14.2 Å². The van der Waals surface area contributed by atoms with Gasteiger partial charge in [0.15, 0.2) is 5.82 Å². The number of hydrogen-bond acceptors (Lipinski definition) is 7. The molecule has 1 N–H and O–H groups in total. The lowest BCUT2D eigenvalue weighted by atomic mass is 9.81. The molecule has 27 heavy (non-hydrogen) atoms. The minimum Gasteiger partial charge on any atom is -0.466 e. The predicted octanol–water partition coefficient (Wildman–Crippen LogP) is 1.93. The van der Waals surface area contributed by atoms with Crippen LogP contribution in [0, 0.1) is 12.8 Å². The van der Waals surface area contributed by atoms with Gasteiger partial charge in [-0.3, -0.25) is 14.9 Å². The Balaban J connectivity index is 1.55. The van der Waals surface area contributed by atoms with Crippen LogP contribution in [0.1, 0.15) is 63.6 Å². The second-order valence-corrected chi connectivity index (χ2v) is 7.54. The largest absolute Gasteiger partial charge is 0.466 e. The smallest absolute Gasteiger partial charge is 0.309 e. The van der Waals surface area contributed by atoms with Crippen molar-refractivity contribution in [3.63, 3.8) is 0 Å². The molecule has 1 aliphatic carbocycles. The minimum absolute atomic E-state index is 0.0578. The molecule has 0 bridgehead atoms. The third kappa shape index (κ3) is 4.66. The van der Waals surface area contributed by atoms with Crippen LogP contribution in [0.25, 0.3) is 0 Å². The van der Waals surface area contributed by atoms with E-state index in [1.54, 1.807) is 6.92 Å². The topological polar surface area (TPSA) is 97.6 Å². The van der Waals surface area contributed by atoms with Crippen LogP contribution in [-0.2, 0) is 19.9 Å². The summed E-state index contributed by atoms with van der Waals surface area (Å²) in [5.74, 6) is 1.03. The van der Waals surface area contributed by atoms with Crippen LogP contribution in [0.3, 0.4) is 0 Å². The van der Waals surface area contributed by atoms with Gasteiger partial charge in [-0.15, -0.1) is 0 Å². The van der Waals surface area contributed by atoms with E-state index in [1.807, 2.05) is 11.8 Å². The fraction of sp³-hybridized carbons (Fsp3) is 0.789. The maximum absolute atomic E-state index is 12.7. The third-order valence-corrected chi connectivity index (χ3v) is 5.71. The molecule has 2 fully saturated rings. The van der Waals surface area contributed by atoms with E-state index in [0.29, 0.717) is 44.3 Å². The summed E-state index contributed by atoms with van der Waals surface area (Å²) in [6.07, 6.45) is 6.50. The average Bonchev–Trinajstić information content (AvgIpc) is 3.14. The lowest BCUT2D eigenvalue weighted by molar-refractivity contribution is -0.151. The molecule has 1 saturated carbocycles. The Kier molecular flexibility index (Phi) is 6.46. The molecular formula is C19H30N4O4. The van der Waals surface area contributed by atoms with E-state index in [9.17, 15) is 9.59 Å². The summed E-state index contributed by atoms with van der Waals surface area (Å²) in [4.78, 5) is 30.8. The molecule has 0 spiro atoms. The quantitative estimate of drug-likeness (QED) is 0.755. The van der Waals surface area contributed by atoms with Gasteiger partial charge in [0.25, 0.3) is 0 Å². The summed E-state index contributed by atoms with van der Waals surface area (Å²) in [6, 6.07) is 0. The first kappa shape index (κ1) is 19.8. The summed E-state index contributed by atoms with van der Waals surface area (Å²) < 4.78 is 10.3. The van der Waals surface area contributed by atoms with Crippen molar-refractivity contribution < 1.29 is 18.8 Å². The number of aromatic nitrogens is 2. The Morgan fingerprint density at radius 1 is 1.26 bits per heavy atom. The lowest BCUT2D eigenvalue weighted by Crippen LogP contribution is -2.51. The number of carbonyl (C=O) groups excluding carboxylic acids is 2. The van der Waals surface area contributed by atoms with E-state index in [2.05, 4.69) is 15.5 Å². The molecule has 0 atom stereocenters. The second-order valence-electron chi connectivity index (χ2n) is 7.54. The van der Waals surface area contributed by atoms with Crippen molar-refractivity contribution in [1.82, 2.24) is 20.4 Å². The number of esters is 1. The van der Waals surface area contributed by atoms with Gasteiger partial charge in [0, 0.05) is 20.0 Å². The van der Waals surface area contributed by atoms with Gasteiger partial charge in [-0.1, -0.05) is 24.4 Å². The molecule has 0 unspecified atom stereocenters. The van der Waals surface area contributed by atoms with Crippen molar-refractivity contribution in [2.75, 3.05) is 26.2 Å². The highest BCUT2D eigenvalue weighted by molar-refractivity contribution is 5.79. The van der Waals surface area contributed by atoms with Gasteiger partial charge in [-0.05, 0) is 32.6 Å². The third-order valence-electron chi connectivity index (χ3n) is 5.71. The van der Waals surface area contributed by atoms with Gasteiger partial charge in [-0.2, -0.15) is 4.98 Å². The number of ether oxygens (including phenoxy) is 1. The fourth-order valence-electron chi connectivity index (χ4n) is 4.11. The Hall–Kier alpha value is -1.96. The molecule has 8 heteroatoms. The molecule has 0 aromatic carbocycles. The van der Waals surface area contributed by atoms with Crippen LogP contribution in [0.5, 0.6) is 0 Å². The maximum atomic E-state index is 12.7. The molecule has 150 valence electrons. The first-order valence-electron chi connectivity index (χ1n) is 10.0. The van der Waals surface area contributed by atoms with E-state index in [-0.39, 0.29) is 29.9 Å². The zero-order valence-corrected chi connectivity index (χ0v) is 16.3. The number of rotatable bonds is 6. The summed E-state index contributed by atoms with van der Waals surface area (Å²) >= 11 is 0. The molecule has 8 nitrogen and oxygen atoms in total. The Labute approximate surface area is 160 Å². The lowest BCUT2D eigenvalue weighted by Gasteiger charge is -2.37. The minimum atomic E-state index is -0.380. The second kappa shape index (κ2) is 8.82. The van der Waals surface area contributed by atoms with Gasteiger partial charge >= 0.3 is 5.97 Å². The van der Waals surface area contributed by atoms with E-state index >= 15 is 0 Å². The van der Waals surface area contributed by atoms with Crippen LogP contribution in [0.2, 0.25) is 0 Å². The van der Waals surface area contributed by atoms with Crippen molar-refractivity contribution in [3.8, 4) is 0 Å². The highest BCUT2D eigenvalue weighted by Gasteiger charge is 2.39. The number of carbonyl (C=O) groups is 2. The molecule has 2 aliphatic rings. The maximum Gasteiger partial charge on any atom is 0.309 e. The zero-order valence-electron chi connectivity index (χ0n) is 16.3. The van der Waals surface area contributed by atoms with Crippen molar-refractivity contribution in [3.05, 3.63) is 11.7 Å². The molecule has 1 aliphatic heterocycles. The highest BCUT2D eigenvalue weighted by atomic mass is 16.5. The Morgan fingerprint density at radius 3 is 2.56 bits per heavy atom. The SMILES string of the molecule is CCOC(=O)C1CCN(C(=O)CNC2(c3noc(C)n3)CCCCC2)CC1. The number of piperidine rings is 1. The van der Waals surface area contributed by atoms with Crippen LogP contribution in [0.15, 0.2) is 4.52 Å². The van der Waals surface area contributed by atoms with Gasteiger partial charge in [0.2, 0.25) is 11.8 Å². The molecule has 1 saturated heterocycles. The van der Waals surface area contributed by atoms with Gasteiger partial charge in [0.1, 0.15) is 0 Å².